The van der Waals surface area contributed by atoms with Gasteiger partial charge in [0.25, 0.3) is 5.91 Å². The van der Waals surface area contributed by atoms with E-state index in [9.17, 15) is 4.79 Å². The predicted molar refractivity (Wildman–Crippen MR) is 114 cm³/mol. The highest BCUT2D eigenvalue weighted by Crippen LogP contribution is 2.26. The molecule has 1 fully saturated rings. The van der Waals surface area contributed by atoms with E-state index in [2.05, 4.69) is 10.3 Å². The van der Waals surface area contributed by atoms with Crippen molar-refractivity contribution >= 4 is 23.4 Å². The van der Waals surface area contributed by atoms with E-state index < -0.39 is 0 Å². The summed E-state index contributed by atoms with van der Waals surface area (Å²) >= 11 is 1.56. The number of hydrogen-bond donors (Lipinski definition) is 1. The van der Waals surface area contributed by atoms with Crippen molar-refractivity contribution in [1.82, 2.24) is 4.98 Å². The zero-order valence-electron chi connectivity index (χ0n) is 15.9. The molecule has 148 valence electrons. The van der Waals surface area contributed by atoms with Crippen LogP contribution in [0.2, 0.25) is 0 Å². The van der Waals surface area contributed by atoms with Gasteiger partial charge >= 0.3 is 0 Å². The second-order valence-electron chi connectivity index (χ2n) is 6.72. The first kappa shape index (κ1) is 19.5. The summed E-state index contributed by atoms with van der Waals surface area (Å²) in [6.45, 7) is 1.39. The van der Waals surface area contributed by atoms with Gasteiger partial charge in [0, 0.05) is 29.0 Å². The number of hydrogen-bond acceptors (Lipinski definition) is 5. The molecule has 1 unspecified atom stereocenters. The van der Waals surface area contributed by atoms with Gasteiger partial charge in [-0.15, -0.1) is 0 Å². The van der Waals surface area contributed by atoms with Gasteiger partial charge in [0.2, 0.25) is 0 Å². The van der Waals surface area contributed by atoms with E-state index in [0.717, 1.165) is 40.8 Å². The van der Waals surface area contributed by atoms with Crippen LogP contribution in [0.5, 0.6) is 5.75 Å². The van der Waals surface area contributed by atoms with Gasteiger partial charge in [0.1, 0.15) is 17.4 Å². The Morgan fingerprint density at radius 1 is 1.10 bits per heavy atom. The second kappa shape index (κ2) is 9.58. The molecule has 1 amide bonds. The molecular formula is C23H22N2O3S. The maximum absolute atomic E-state index is 12.5. The summed E-state index contributed by atoms with van der Waals surface area (Å²) in [5.41, 5.74) is 1.33. The number of carbonyl (C=O) groups is 1. The van der Waals surface area contributed by atoms with E-state index in [4.69, 9.17) is 9.47 Å². The van der Waals surface area contributed by atoms with Crippen molar-refractivity contribution in [3.63, 3.8) is 0 Å². The molecular weight excluding hydrogens is 384 g/mol. The number of nitrogens with one attached hydrogen (secondary N) is 1. The molecule has 0 aliphatic carbocycles. The molecule has 0 spiro atoms. The van der Waals surface area contributed by atoms with Crippen molar-refractivity contribution in [3.8, 4) is 5.75 Å². The quantitative estimate of drug-likeness (QED) is 0.595. The number of nitrogens with zero attached hydrogens (tertiary/aromatic N) is 1. The van der Waals surface area contributed by atoms with Crippen LogP contribution in [0.4, 0.5) is 5.69 Å². The molecule has 1 aliphatic heterocycles. The molecule has 5 nitrogen and oxygen atoms in total. The number of carbonyl (C=O) groups excluding carboxylic acids is 1. The SMILES string of the molecule is O=C(Nc1ccc(OCC2CCCO2)cc1)c1ccc(Sc2ccccn2)cc1. The van der Waals surface area contributed by atoms with E-state index in [1.807, 2.05) is 66.7 Å². The third-order valence-electron chi connectivity index (χ3n) is 4.55. The Hall–Kier alpha value is -2.83. The summed E-state index contributed by atoms with van der Waals surface area (Å²) in [6, 6.07) is 20.7. The van der Waals surface area contributed by atoms with Crippen LogP contribution in [-0.4, -0.2) is 30.2 Å². The van der Waals surface area contributed by atoms with Gasteiger partial charge in [-0.3, -0.25) is 4.79 Å². The molecule has 0 bridgehead atoms. The average Bonchev–Trinajstić information content (AvgIpc) is 3.28. The van der Waals surface area contributed by atoms with Crippen LogP contribution in [0.1, 0.15) is 23.2 Å². The molecule has 4 rings (SSSR count). The Balaban J connectivity index is 1.30. The normalized spacial score (nSPS) is 15.8. The van der Waals surface area contributed by atoms with Crippen LogP contribution < -0.4 is 10.1 Å². The van der Waals surface area contributed by atoms with Crippen molar-refractivity contribution in [1.29, 1.82) is 0 Å². The third-order valence-corrected chi connectivity index (χ3v) is 5.51. The zero-order valence-corrected chi connectivity index (χ0v) is 16.7. The average molecular weight is 407 g/mol. The molecule has 2 aromatic carbocycles. The number of rotatable bonds is 7. The number of anilines is 1. The monoisotopic (exact) mass is 406 g/mol. The van der Waals surface area contributed by atoms with Crippen LogP contribution in [0.25, 0.3) is 0 Å². The molecule has 6 heteroatoms. The lowest BCUT2D eigenvalue weighted by molar-refractivity contribution is 0.0679. The van der Waals surface area contributed by atoms with Crippen molar-refractivity contribution in [3.05, 3.63) is 78.5 Å². The molecule has 3 aromatic rings. The van der Waals surface area contributed by atoms with Crippen molar-refractivity contribution in [2.45, 2.75) is 28.9 Å². The summed E-state index contributed by atoms with van der Waals surface area (Å²) in [7, 11) is 0. The maximum Gasteiger partial charge on any atom is 0.255 e. The molecule has 1 atom stereocenters. The lowest BCUT2D eigenvalue weighted by Crippen LogP contribution is -2.16. The van der Waals surface area contributed by atoms with Crippen LogP contribution in [-0.2, 0) is 4.74 Å². The highest BCUT2D eigenvalue weighted by molar-refractivity contribution is 7.99. The third kappa shape index (κ3) is 5.59. The first-order valence-corrected chi connectivity index (χ1v) is 10.4. The summed E-state index contributed by atoms with van der Waals surface area (Å²) in [6.07, 6.45) is 4.10. The minimum absolute atomic E-state index is 0.146. The van der Waals surface area contributed by atoms with E-state index in [0.29, 0.717) is 12.2 Å². The first-order valence-electron chi connectivity index (χ1n) is 9.61. The molecule has 1 aromatic heterocycles. The number of amides is 1. The Kier molecular flexibility index (Phi) is 6.44. The fraction of sp³-hybridized carbons (Fsp3) is 0.217. The summed E-state index contributed by atoms with van der Waals surface area (Å²) in [4.78, 5) is 17.8. The molecule has 1 N–H and O–H groups in total. The Morgan fingerprint density at radius 3 is 2.62 bits per heavy atom. The Morgan fingerprint density at radius 2 is 1.93 bits per heavy atom. The Bertz CT molecular complexity index is 925. The lowest BCUT2D eigenvalue weighted by Gasteiger charge is -2.12. The van der Waals surface area contributed by atoms with Crippen LogP contribution in [0, 0.1) is 0 Å². The highest BCUT2D eigenvalue weighted by Gasteiger charge is 2.16. The number of ether oxygens (including phenoxy) is 2. The van der Waals surface area contributed by atoms with E-state index in [1.54, 1.807) is 18.0 Å². The molecule has 1 saturated heterocycles. The second-order valence-corrected chi connectivity index (χ2v) is 7.81. The van der Waals surface area contributed by atoms with Crippen LogP contribution in [0.3, 0.4) is 0 Å². The standard InChI is InChI=1S/C23H22N2O3S/c26-23(17-6-12-21(13-7-17)29-22-5-1-2-14-24-22)25-18-8-10-19(11-9-18)28-16-20-4-3-15-27-20/h1-2,5-14,20H,3-4,15-16H2,(H,25,26). The maximum atomic E-state index is 12.5. The number of aromatic nitrogens is 1. The van der Waals surface area contributed by atoms with Crippen LogP contribution >= 0.6 is 11.8 Å². The summed E-state index contributed by atoms with van der Waals surface area (Å²) in [5.74, 6) is 0.627. The Labute approximate surface area is 174 Å². The van der Waals surface area contributed by atoms with Crippen molar-refractivity contribution in [2.24, 2.45) is 0 Å². The fourth-order valence-corrected chi connectivity index (χ4v) is 3.78. The predicted octanol–water partition coefficient (Wildman–Crippen LogP) is 5.04. The van der Waals surface area contributed by atoms with Crippen LogP contribution in [0.15, 0.2) is 82.8 Å². The van der Waals surface area contributed by atoms with E-state index in [1.165, 1.54) is 0 Å². The number of benzene rings is 2. The zero-order chi connectivity index (χ0) is 19.9. The van der Waals surface area contributed by atoms with Gasteiger partial charge in [-0.25, -0.2) is 4.98 Å². The molecule has 29 heavy (non-hydrogen) atoms. The van der Waals surface area contributed by atoms with Gasteiger partial charge in [-0.1, -0.05) is 17.8 Å². The van der Waals surface area contributed by atoms with Crippen molar-refractivity contribution in [2.75, 3.05) is 18.5 Å². The van der Waals surface area contributed by atoms with Crippen molar-refractivity contribution < 1.29 is 14.3 Å². The van der Waals surface area contributed by atoms with E-state index >= 15 is 0 Å². The minimum atomic E-state index is -0.146. The highest BCUT2D eigenvalue weighted by atomic mass is 32.2. The van der Waals surface area contributed by atoms with Gasteiger partial charge < -0.3 is 14.8 Å². The molecule has 2 heterocycles. The molecule has 0 saturated carbocycles. The van der Waals surface area contributed by atoms with E-state index in [-0.39, 0.29) is 12.0 Å². The fourth-order valence-electron chi connectivity index (χ4n) is 3.01. The lowest BCUT2D eigenvalue weighted by atomic mass is 10.2. The van der Waals surface area contributed by atoms with Gasteiger partial charge in [0.05, 0.1) is 6.10 Å². The molecule has 1 aliphatic rings. The number of pyridine rings is 1. The van der Waals surface area contributed by atoms with Gasteiger partial charge in [-0.2, -0.15) is 0 Å². The smallest absolute Gasteiger partial charge is 0.255 e. The largest absolute Gasteiger partial charge is 0.491 e. The topological polar surface area (TPSA) is 60.5 Å². The summed E-state index contributed by atoms with van der Waals surface area (Å²) in [5, 5.41) is 3.84. The first-order chi connectivity index (χ1) is 14.3. The van der Waals surface area contributed by atoms with Gasteiger partial charge in [0.15, 0.2) is 0 Å². The minimum Gasteiger partial charge on any atom is -0.491 e. The van der Waals surface area contributed by atoms with Gasteiger partial charge in [-0.05, 0) is 73.5 Å². The molecule has 0 radical (unpaired) electrons. The summed E-state index contributed by atoms with van der Waals surface area (Å²) < 4.78 is 11.3.